The van der Waals surface area contributed by atoms with Crippen LogP contribution in [0.2, 0.25) is 23.7 Å². The number of nitrogens with one attached hydrogen (secondary N) is 1. The molecule has 0 radical (unpaired) electrons. The summed E-state index contributed by atoms with van der Waals surface area (Å²) in [6.07, 6.45) is 0. The second-order valence-electron chi connectivity index (χ2n) is 2.50. The van der Waals surface area contributed by atoms with Gasteiger partial charge >= 0.3 is 0 Å². The molecule has 7 heteroatoms. The summed E-state index contributed by atoms with van der Waals surface area (Å²) in [6.45, 7) is 4.21. The number of hydrogen-bond acceptors (Lipinski definition) is 4. The Morgan fingerprint density at radius 3 is 2.00 bits per heavy atom. The lowest BCUT2D eigenvalue weighted by atomic mass is 11.0. The first-order valence-corrected chi connectivity index (χ1v) is 7.06. The van der Waals surface area contributed by atoms with Gasteiger partial charge in [-0.1, -0.05) is 13.1 Å². The van der Waals surface area contributed by atoms with Crippen molar-refractivity contribution in [2.45, 2.75) is 13.1 Å². The Kier molecular flexibility index (Phi) is 3.25. The minimum Gasteiger partial charge on any atom is -0.383 e. The monoisotopic (exact) mass is 222 g/mol. The topological polar surface area (TPSA) is 50.7 Å². The molecule has 0 spiro atoms. The highest BCUT2D eigenvalue weighted by Gasteiger charge is 2.03. The van der Waals surface area contributed by atoms with Crippen LogP contribution in [0.3, 0.4) is 0 Å². The Morgan fingerprint density at radius 1 is 1.08 bits per heavy atom. The first-order chi connectivity index (χ1) is 5.58. The third-order valence-electron chi connectivity index (χ3n) is 0.999. The van der Waals surface area contributed by atoms with Crippen LogP contribution in [0.5, 0.6) is 0 Å². The van der Waals surface area contributed by atoms with E-state index in [4.69, 9.17) is 23.2 Å². The number of hydrogen-bond donors (Lipinski definition) is 1. The molecule has 0 bridgehead atoms. The highest BCUT2D eigenvalue weighted by molar-refractivity contribution is 6.59. The van der Waals surface area contributed by atoms with Crippen molar-refractivity contribution in [3.63, 3.8) is 0 Å². The molecule has 0 aromatic carbocycles. The normalized spacial score (nSPS) is 10.4. The molecule has 4 nitrogen and oxygen atoms in total. The van der Waals surface area contributed by atoms with Crippen molar-refractivity contribution in [2.24, 2.45) is 0 Å². The second kappa shape index (κ2) is 4.02. The molecule has 0 atom stereocenters. The molecule has 12 heavy (non-hydrogen) atoms. The highest BCUT2D eigenvalue weighted by Crippen LogP contribution is 2.09. The molecule has 0 aliphatic rings. The zero-order valence-electron chi connectivity index (χ0n) is 6.67. The second-order valence-corrected chi connectivity index (χ2v) is 5.77. The summed E-state index contributed by atoms with van der Waals surface area (Å²) in [5.41, 5.74) is 0. The van der Waals surface area contributed by atoms with Gasteiger partial charge in [-0.3, -0.25) is 0 Å². The summed E-state index contributed by atoms with van der Waals surface area (Å²) < 4.78 is 0. The Bertz CT molecular complexity index is 260. The number of halogens is 2. The van der Waals surface area contributed by atoms with Gasteiger partial charge in [0.05, 0.1) is 0 Å². The Labute approximate surface area is 82.0 Å². The first kappa shape index (κ1) is 9.69. The Balaban J connectivity index is 2.85. The molecule has 1 rings (SSSR count). The molecular weight excluding hydrogens is 215 g/mol. The predicted octanol–water partition coefficient (Wildman–Crippen LogP) is 1.57. The van der Waals surface area contributed by atoms with Gasteiger partial charge in [0.2, 0.25) is 16.5 Å². The first-order valence-electron chi connectivity index (χ1n) is 3.41. The number of nitrogens with zero attached hydrogens (tertiary/aromatic N) is 3. The van der Waals surface area contributed by atoms with Crippen molar-refractivity contribution >= 4 is 38.1 Å². The van der Waals surface area contributed by atoms with Crippen LogP contribution < -0.4 is 4.98 Å². The van der Waals surface area contributed by atoms with E-state index in [9.17, 15) is 0 Å². The fourth-order valence-corrected chi connectivity index (χ4v) is 1.66. The van der Waals surface area contributed by atoms with Crippen LogP contribution in [0.1, 0.15) is 0 Å². The smallest absolute Gasteiger partial charge is 0.228 e. The van der Waals surface area contributed by atoms with Crippen molar-refractivity contribution in [1.82, 2.24) is 15.0 Å². The van der Waals surface area contributed by atoms with Gasteiger partial charge in [0.1, 0.15) is 8.96 Å². The van der Waals surface area contributed by atoms with Gasteiger partial charge in [0.25, 0.3) is 0 Å². The van der Waals surface area contributed by atoms with Gasteiger partial charge in [-0.2, -0.15) is 15.0 Å². The Morgan fingerprint density at radius 2 is 1.58 bits per heavy atom. The zero-order valence-corrected chi connectivity index (χ0v) is 9.34. The van der Waals surface area contributed by atoms with Gasteiger partial charge in [-0.15, -0.1) is 0 Å². The summed E-state index contributed by atoms with van der Waals surface area (Å²) in [7, 11) is -0.958. The SMILES string of the molecule is C[SiH](C)Nc1nc(Cl)nc(Cl)n1. The van der Waals surface area contributed by atoms with Crippen LogP contribution in [-0.2, 0) is 0 Å². The van der Waals surface area contributed by atoms with Gasteiger partial charge in [-0.25, -0.2) is 0 Å². The largest absolute Gasteiger partial charge is 0.383 e. The van der Waals surface area contributed by atoms with Crippen molar-refractivity contribution in [2.75, 3.05) is 4.98 Å². The van der Waals surface area contributed by atoms with Crippen LogP contribution in [0.4, 0.5) is 5.95 Å². The van der Waals surface area contributed by atoms with Gasteiger partial charge in [-0.05, 0) is 23.2 Å². The predicted molar refractivity (Wildman–Crippen MR) is 52.3 cm³/mol. The number of anilines is 1. The van der Waals surface area contributed by atoms with E-state index in [1.165, 1.54) is 0 Å². The lowest BCUT2D eigenvalue weighted by Crippen LogP contribution is -2.17. The van der Waals surface area contributed by atoms with Gasteiger partial charge < -0.3 is 4.98 Å². The third kappa shape index (κ3) is 2.92. The number of rotatable bonds is 2. The van der Waals surface area contributed by atoms with Crippen LogP contribution in [0.25, 0.3) is 0 Å². The van der Waals surface area contributed by atoms with E-state index < -0.39 is 8.96 Å². The molecule has 0 saturated carbocycles. The lowest BCUT2D eigenvalue weighted by Gasteiger charge is -2.05. The van der Waals surface area contributed by atoms with Crippen LogP contribution in [0.15, 0.2) is 0 Å². The Hall–Kier alpha value is -0.393. The quantitative estimate of drug-likeness (QED) is 0.773. The summed E-state index contributed by atoms with van der Waals surface area (Å²) in [5.74, 6) is 0.460. The molecule has 66 valence electrons. The van der Waals surface area contributed by atoms with E-state index in [1.54, 1.807) is 0 Å². The molecular formula is C5H8Cl2N4Si. The highest BCUT2D eigenvalue weighted by atomic mass is 35.5. The maximum atomic E-state index is 5.56. The summed E-state index contributed by atoms with van der Waals surface area (Å²) in [4.78, 5) is 14.4. The molecule has 1 N–H and O–H groups in total. The van der Waals surface area contributed by atoms with Crippen LogP contribution in [0, 0.1) is 0 Å². The fraction of sp³-hybridized carbons (Fsp3) is 0.400. The molecule has 1 heterocycles. The van der Waals surface area contributed by atoms with Crippen molar-refractivity contribution in [3.8, 4) is 0 Å². The van der Waals surface area contributed by atoms with Crippen molar-refractivity contribution in [3.05, 3.63) is 10.6 Å². The van der Waals surface area contributed by atoms with Crippen molar-refractivity contribution in [1.29, 1.82) is 0 Å². The molecule has 0 aliphatic heterocycles. The van der Waals surface area contributed by atoms with Gasteiger partial charge in [0.15, 0.2) is 0 Å². The van der Waals surface area contributed by atoms with E-state index in [2.05, 4.69) is 33.0 Å². The summed E-state index contributed by atoms with van der Waals surface area (Å²) >= 11 is 11.1. The van der Waals surface area contributed by atoms with E-state index >= 15 is 0 Å². The minimum atomic E-state index is -0.958. The van der Waals surface area contributed by atoms with Crippen LogP contribution >= 0.6 is 23.2 Å². The lowest BCUT2D eigenvalue weighted by molar-refractivity contribution is 1.06. The standard InChI is InChI=1S/C5H8Cl2N4Si/c1-12(2)11-5-9-3(6)8-4(7)10-5/h12H,1-2H3,(H,8,9,10,11). The summed E-state index contributed by atoms with van der Waals surface area (Å²) in [5, 5.41) is 0.235. The van der Waals surface area contributed by atoms with E-state index in [0.717, 1.165) is 0 Å². The van der Waals surface area contributed by atoms with Gasteiger partial charge in [0, 0.05) is 0 Å². The van der Waals surface area contributed by atoms with Crippen LogP contribution in [-0.4, -0.2) is 23.9 Å². The minimum absolute atomic E-state index is 0.118. The third-order valence-corrected chi connectivity index (χ3v) is 2.17. The average molecular weight is 223 g/mol. The fourth-order valence-electron chi connectivity index (χ4n) is 0.649. The van der Waals surface area contributed by atoms with E-state index in [-0.39, 0.29) is 10.6 Å². The van der Waals surface area contributed by atoms with Crippen molar-refractivity contribution < 1.29 is 0 Å². The molecule has 1 aromatic heterocycles. The molecule has 0 fully saturated rings. The summed E-state index contributed by atoms with van der Waals surface area (Å²) in [6, 6.07) is 0. The zero-order chi connectivity index (χ0) is 9.14. The van der Waals surface area contributed by atoms with E-state index in [0.29, 0.717) is 5.95 Å². The maximum Gasteiger partial charge on any atom is 0.228 e. The maximum absolute atomic E-state index is 5.56. The molecule has 0 unspecified atom stereocenters. The molecule has 0 aliphatic carbocycles. The molecule has 0 saturated heterocycles. The number of aromatic nitrogens is 3. The molecule has 0 amide bonds. The van der Waals surface area contributed by atoms with E-state index in [1.807, 2.05) is 0 Å². The average Bonchev–Trinajstić information content (AvgIpc) is 1.81. The molecule has 1 aromatic rings.